The van der Waals surface area contributed by atoms with Crippen molar-refractivity contribution >= 4 is 10.0 Å². The molecule has 4 nitrogen and oxygen atoms in total. The number of piperidine rings is 1. The fourth-order valence-corrected chi connectivity index (χ4v) is 3.65. The van der Waals surface area contributed by atoms with Crippen molar-refractivity contribution in [3.05, 3.63) is 29.6 Å². The molecule has 0 saturated carbocycles. The molecule has 18 heavy (non-hydrogen) atoms. The first-order chi connectivity index (χ1) is 8.41. The van der Waals surface area contributed by atoms with Crippen LogP contribution in [0.2, 0.25) is 0 Å². The van der Waals surface area contributed by atoms with Gasteiger partial charge in [0.1, 0.15) is 10.7 Å². The van der Waals surface area contributed by atoms with Gasteiger partial charge in [-0.15, -0.1) is 0 Å². The van der Waals surface area contributed by atoms with E-state index in [1.54, 1.807) is 6.92 Å². The molecule has 1 aromatic rings. The summed E-state index contributed by atoms with van der Waals surface area (Å²) in [5.41, 5.74) is 0.701. The number of aliphatic hydroxyl groups is 1. The van der Waals surface area contributed by atoms with Crippen molar-refractivity contribution in [2.75, 3.05) is 13.1 Å². The van der Waals surface area contributed by atoms with Crippen LogP contribution in [0.4, 0.5) is 4.39 Å². The van der Waals surface area contributed by atoms with E-state index in [-0.39, 0.29) is 18.0 Å². The lowest BCUT2D eigenvalue weighted by atomic mass is 10.1. The molecule has 0 bridgehead atoms. The molecule has 0 spiro atoms. The van der Waals surface area contributed by atoms with Gasteiger partial charge in [-0.05, 0) is 37.5 Å². The predicted molar refractivity (Wildman–Crippen MR) is 65.1 cm³/mol. The van der Waals surface area contributed by atoms with Crippen LogP contribution in [0.1, 0.15) is 18.4 Å². The Bertz CT molecular complexity index is 536. The van der Waals surface area contributed by atoms with Crippen LogP contribution in [0.5, 0.6) is 0 Å². The highest BCUT2D eigenvalue weighted by Gasteiger charge is 2.30. The molecule has 1 aliphatic heterocycles. The number of halogens is 1. The molecule has 2 rings (SSSR count). The smallest absolute Gasteiger partial charge is 0.245 e. The topological polar surface area (TPSA) is 57.6 Å². The van der Waals surface area contributed by atoms with Gasteiger partial charge >= 0.3 is 0 Å². The molecular weight excluding hydrogens is 257 g/mol. The minimum Gasteiger partial charge on any atom is -0.393 e. The van der Waals surface area contributed by atoms with Gasteiger partial charge in [0.05, 0.1) is 6.10 Å². The molecule has 1 aliphatic rings. The van der Waals surface area contributed by atoms with Crippen molar-refractivity contribution < 1.29 is 17.9 Å². The number of benzene rings is 1. The minimum absolute atomic E-state index is 0.233. The first-order valence-corrected chi connectivity index (χ1v) is 7.29. The standard InChI is InChI=1S/C12H16FNO3S/c1-9-2-3-11(13)12(8-9)18(16,17)14-6-4-10(15)5-7-14/h2-3,8,10,15H,4-7H2,1H3. The molecule has 1 fully saturated rings. The van der Waals surface area contributed by atoms with Gasteiger partial charge in [0.25, 0.3) is 0 Å². The van der Waals surface area contributed by atoms with Gasteiger partial charge in [-0.25, -0.2) is 12.8 Å². The van der Waals surface area contributed by atoms with E-state index in [0.29, 0.717) is 18.4 Å². The minimum atomic E-state index is -3.79. The number of hydrogen-bond donors (Lipinski definition) is 1. The summed E-state index contributed by atoms with van der Waals surface area (Å²) < 4.78 is 39.4. The van der Waals surface area contributed by atoms with Gasteiger partial charge < -0.3 is 5.11 Å². The van der Waals surface area contributed by atoms with E-state index in [1.165, 1.54) is 22.5 Å². The van der Waals surface area contributed by atoms with Gasteiger partial charge in [-0.1, -0.05) is 6.07 Å². The fraction of sp³-hybridized carbons (Fsp3) is 0.500. The fourth-order valence-electron chi connectivity index (χ4n) is 2.03. The number of aryl methyl sites for hydroxylation is 1. The van der Waals surface area contributed by atoms with Gasteiger partial charge in [0.15, 0.2) is 0 Å². The summed E-state index contributed by atoms with van der Waals surface area (Å²) in [5.74, 6) is -0.730. The highest BCUT2D eigenvalue weighted by molar-refractivity contribution is 7.89. The average molecular weight is 273 g/mol. The van der Waals surface area contributed by atoms with Crippen LogP contribution in [-0.2, 0) is 10.0 Å². The number of hydrogen-bond acceptors (Lipinski definition) is 3. The molecule has 0 aromatic heterocycles. The molecule has 100 valence electrons. The summed E-state index contributed by atoms with van der Waals surface area (Å²) in [6.07, 6.45) is 0.332. The van der Waals surface area contributed by atoms with E-state index in [2.05, 4.69) is 0 Å². The third kappa shape index (κ3) is 2.55. The van der Waals surface area contributed by atoms with Gasteiger partial charge in [0.2, 0.25) is 10.0 Å². The monoisotopic (exact) mass is 273 g/mol. The Morgan fingerprint density at radius 2 is 1.94 bits per heavy atom. The molecule has 6 heteroatoms. The summed E-state index contributed by atoms with van der Waals surface area (Å²) >= 11 is 0. The van der Waals surface area contributed by atoms with Gasteiger partial charge in [-0.3, -0.25) is 0 Å². The molecule has 1 heterocycles. The molecule has 1 N–H and O–H groups in total. The van der Waals surface area contributed by atoms with Crippen molar-refractivity contribution in [3.8, 4) is 0 Å². The Hall–Kier alpha value is -0.980. The molecular formula is C12H16FNO3S. The second-order valence-corrected chi connectivity index (χ2v) is 6.48. The maximum Gasteiger partial charge on any atom is 0.245 e. The zero-order chi connectivity index (χ0) is 13.3. The number of rotatable bonds is 2. The maximum atomic E-state index is 13.6. The Labute approximate surface area is 106 Å². The normalized spacial score (nSPS) is 19.1. The largest absolute Gasteiger partial charge is 0.393 e. The van der Waals surface area contributed by atoms with Crippen molar-refractivity contribution in [1.82, 2.24) is 4.31 Å². The van der Waals surface area contributed by atoms with Crippen molar-refractivity contribution in [3.63, 3.8) is 0 Å². The van der Waals surface area contributed by atoms with E-state index >= 15 is 0 Å². The second kappa shape index (κ2) is 4.95. The highest BCUT2D eigenvalue weighted by atomic mass is 32.2. The third-order valence-electron chi connectivity index (χ3n) is 3.13. The lowest BCUT2D eigenvalue weighted by Crippen LogP contribution is -2.40. The van der Waals surface area contributed by atoms with Crippen LogP contribution >= 0.6 is 0 Å². The number of nitrogens with zero attached hydrogens (tertiary/aromatic N) is 1. The lowest BCUT2D eigenvalue weighted by Gasteiger charge is -2.28. The molecule has 0 radical (unpaired) electrons. The van der Waals surface area contributed by atoms with Crippen molar-refractivity contribution in [2.45, 2.75) is 30.8 Å². The summed E-state index contributed by atoms with van der Waals surface area (Å²) in [5, 5.41) is 9.37. The molecule has 0 aliphatic carbocycles. The van der Waals surface area contributed by atoms with E-state index in [4.69, 9.17) is 0 Å². The zero-order valence-electron chi connectivity index (χ0n) is 10.1. The van der Waals surface area contributed by atoms with E-state index in [9.17, 15) is 17.9 Å². The molecule has 0 amide bonds. The SMILES string of the molecule is Cc1ccc(F)c(S(=O)(=O)N2CCC(O)CC2)c1. The van der Waals surface area contributed by atoms with Crippen LogP contribution in [0.25, 0.3) is 0 Å². The van der Waals surface area contributed by atoms with Gasteiger partial charge in [-0.2, -0.15) is 4.31 Å². The Morgan fingerprint density at radius 1 is 1.33 bits per heavy atom. The quantitative estimate of drug-likeness (QED) is 0.883. The average Bonchev–Trinajstić information content (AvgIpc) is 2.32. The van der Waals surface area contributed by atoms with E-state index in [0.717, 1.165) is 0 Å². The lowest BCUT2D eigenvalue weighted by molar-refractivity contribution is 0.113. The zero-order valence-corrected chi connectivity index (χ0v) is 11.0. The van der Waals surface area contributed by atoms with Crippen LogP contribution in [0, 0.1) is 12.7 Å². The number of sulfonamides is 1. The predicted octanol–water partition coefficient (Wildman–Crippen LogP) is 1.28. The van der Waals surface area contributed by atoms with Crippen LogP contribution < -0.4 is 0 Å². The Balaban J connectivity index is 2.33. The van der Waals surface area contributed by atoms with Crippen LogP contribution in [-0.4, -0.2) is 37.0 Å². The molecule has 1 aromatic carbocycles. The Morgan fingerprint density at radius 3 is 2.56 bits per heavy atom. The maximum absolute atomic E-state index is 13.6. The first-order valence-electron chi connectivity index (χ1n) is 5.85. The van der Waals surface area contributed by atoms with Crippen molar-refractivity contribution in [2.24, 2.45) is 0 Å². The van der Waals surface area contributed by atoms with Crippen LogP contribution in [0.3, 0.4) is 0 Å². The Kier molecular flexibility index (Phi) is 3.70. The molecule has 0 atom stereocenters. The number of aliphatic hydroxyl groups excluding tert-OH is 1. The molecule has 1 saturated heterocycles. The van der Waals surface area contributed by atoms with Gasteiger partial charge in [0, 0.05) is 13.1 Å². The highest BCUT2D eigenvalue weighted by Crippen LogP contribution is 2.23. The first kappa shape index (κ1) is 13.5. The summed E-state index contributed by atoms with van der Waals surface area (Å²) in [6.45, 7) is 2.19. The van der Waals surface area contributed by atoms with Crippen molar-refractivity contribution in [1.29, 1.82) is 0 Å². The third-order valence-corrected chi connectivity index (χ3v) is 5.04. The second-order valence-electron chi connectivity index (χ2n) is 4.57. The van der Waals surface area contributed by atoms with E-state index in [1.807, 2.05) is 0 Å². The van der Waals surface area contributed by atoms with E-state index < -0.39 is 21.9 Å². The summed E-state index contributed by atoms with van der Waals surface area (Å²) in [4.78, 5) is -0.279. The molecule has 0 unspecified atom stereocenters. The van der Waals surface area contributed by atoms with Crippen LogP contribution in [0.15, 0.2) is 23.1 Å². The summed E-state index contributed by atoms with van der Waals surface area (Å²) in [7, 11) is -3.79. The summed E-state index contributed by atoms with van der Waals surface area (Å²) in [6, 6.07) is 4.05.